The predicted octanol–water partition coefficient (Wildman–Crippen LogP) is 3.95. The highest BCUT2D eigenvalue weighted by molar-refractivity contribution is 5.93. The lowest BCUT2D eigenvalue weighted by molar-refractivity contribution is 0.242. The first-order valence-corrected chi connectivity index (χ1v) is 6.83. The van der Waals surface area contributed by atoms with Crippen LogP contribution in [0.5, 0.6) is 0 Å². The van der Waals surface area contributed by atoms with Gasteiger partial charge >= 0.3 is 6.03 Å². The van der Waals surface area contributed by atoms with Crippen LogP contribution in [0.3, 0.4) is 0 Å². The van der Waals surface area contributed by atoms with Crippen LogP contribution in [0, 0.1) is 0 Å². The van der Waals surface area contributed by atoms with E-state index in [0.717, 1.165) is 15.1 Å². The molecule has 0 atom stereocenters. The van der Waals surface area contributed by atoms with Gasteiger partial charge in [0.2, 0.25) is 0 Å². The van der Waals surface area contributed by atoms with Crippen molar-refractivity contribution in [3.05, 3.63) is 72.9 Å². The van der Waals surface area contributed by atoms with E-state index in [0.29, 0.717) is 11.4 Å². The Bertz CT molecular complexity index is 756. The Labute approximate surface area is 127 Å². The molecule has 1 aromatic heterocycles. The van der Waals surface area contributed by atoms with Gasteiger partial charge in [-0.3, -0.25) is 4.90 Å². The summed E-state index contributed by atoms with van der Waals surface area (Å²) in [6, 6.07) is 19.4. The second kappa shape index (κ2) is 6.22. The molecule has 1 amide bonds. The largest absolute Gasteiger partial charge is 0.351 e. The highest BCUT2D eigenvalue weighted by atomic mass is 19.1. The van der Waals surface area contributed by atoms with Crippen molar-refractivity contribution in [1.82, 2.24) is 9.78 Å². The Morgan fingerprint density at radius 2 is 1.64 bits per heavy atom. The standard InChI is InChI=1S/C17H14FN3O/c18-13-20(15-9-5-2-6-10-15)17(22)21-12-11-16(19-21)14-7-3-1-4-8-14/h1-12H,13H2. The Morgan fingerprint density at radius 1 is 1.00 bits per heavy atom. The number of benzene rings is 2. The number of hydrogen-bond acceptors (Lipinski definition) is 2. The van der Waals surface area contributed by atoms with Crippen LogP contribution in [0.15, 0.2) is 72.9 Å². The molecule has 110 valence electrons. The first kappa shape index (κ1) is 14.0. The van der Waals surface area contributed by atoms with Crippen LogP contribution in [0.4, 0.5) is 14.9 Å². The summed E-state index contributed by atoms with van der Waals surface area (Å²) in [6.45, 7) is -0.913. The summed E-state index contributed by atoms with van der Waals surface area (Å²) in [7, 11) is 0. The average molecular weight is 295 g/mol. The van der Waals surface area contributed by atoms with E-state index >= 15 is 0 Å². The third-order valence-electron chi connectivity index (χ3n) is 3.27. The maximum atomic E-state index is 13.3. The van der Waals surface area contributed by atoms with Gasteiger partial charge < -0.3 is 0 Å². The van der Waals surface area contributed by atoms with Crippen LogP contribution in [0.1, 0.15) is 0 Å². The lowest BCUT2D eigenvalue weighted by atomic mass is 10.2. The predicted molar refractivity (Wildman–Crippen MR) is 83.4 cm³/mol. The summed E-state index contributed by atoms with van der Waals surface area (Å²) in [6.07, 6.45) is 1.54. The molecule has 0 fully saturated rings. The fraction of sp³-hybridized carbons (Fsp3) is 0.0588. The molecular weight excluding hydrogens is 281 g/mol. The van der Waals surface area contributed by atoms with Crippen molar-refractivity contribution >= 4 is 11.7 Å². The number of rotatable bonds is 3. The van der Waals surface area contributed by atoms with Crippen molar-refractivity contribution in [1.29, 1.82) is 0 Å². The SMILES string of the molecule is O=C(N(CF)c1ccccc1)n1ccc(-c2ccccc2)n1. The molecule has 5 heteroatoms. The maximum absolute atomic E-state index is 13.3. The Morgan fingerprint density at radius 3 is 2.27 bits per heavy atom. The van der Waals surface area contributed by atoms with Gasteiger partial charge in [0.15, 0.2) is 6.80 Å². The molecule has 0 spiro atoms. The number of alkyl halides is 1. The summed E-state index contributed by atoms with van der Waals surface area (Å²) in [5.74, 6) is 0. The first-order chi connectivity index (χ1) is 10.8. The van der Waals surface area contributed by atoms with Crippen LogP contribution in [-0.4, -0.2) is 22.6 Å². The topological polar surface area (TPSA) is 38.1 Å². The van der Waals surface area contributed by atoms with E-state index in [4.69, 9.17) is 0 Å². The highest BCUT2D eigenvalue weighted by Crippen LogP contribution is 2.18. The number of para-hydroxylation sites is 1. The number of hydrogen-bond donors (Lipinski definition) is 0. The third-order valence-corrected chi connectivity index (χ3v) is 3.27. The molecule has 0 unspecified atom stereocenters. The van der Waals surface area contributed by atoms with Crippen LogP contribution in [0.2, 0.25) is 0 Å². The lowest BCUT2D eigenvalue weighted by Crippen LogP contribution is -2.34. The zero-order valence-electron chi connectivity index (χ0n) is 11.8. The van der Waals surface area contributed by atoms with Crippen molar-refractivity contribution in [2.45, 2.75) is 0 Å². The molecule has 0 saturated carbocycles. The molecule has 0 radical (unpaired) electrons. The molecule has 0 saturated heterocycles. The van der Waals surface area contributed by atoms with Gasteiger partial charge in [0.1, 0.15) is 0 Å². The molecule has 3 aromatic rings. The summed E-state index contributed by atoms with van der Waals surface area (Å²) in [4.78, 5) is 13.4. The van der Waals surface area contributed by atoms with Crippen molar-refractivity contribution in [3.63, 3.8) is 0 Å². The van der Waals surface area contributed by atoms with Crippen molar-refractivity contribution < 1.29 is 9.18 Å². The maximum Gasteiger partial charge on any atom is 0.351 e. The number of carbonyl (C=O) groups is 1. The van der Waals surface area contributed by atoms with E-state index in [1.807, 2.05) is 36.4 Å². The molecular formula is C17H14FN3O. The van der Waals surface area contributed by atoms with Crippen molar-refractivity contribution in [2.24, 2.45) is 0 Å². The molecule has 0 bridgehead atoms. The second-order valence-electron chi connectivity index (χ2n) is 4.68. The van der Waals surface area contributed by atoms with Crippen LogP contribution < -0.4 is 4.90 Å². The molecule has 3 rings (SSSR count). The van der Waals surface area contributed by atoms with E-state index in [2.05, 4.69) is 5.10 Å². The molecule has 4 nitrogen and oxygen atoms in total. The van der Waals surface area contributed by atoms with Crippen LogP contribution >= 0.6 is 0 Å². The van der Waals surface area contributed by atoms with Gasteiger partial charge in [-0.2, -0.15) is 9.78 Å². The van der Waals surface area contributed by atoms with E-state index < -0.39 is 12.8 Å². The Hall–Kier alpha value is -2.95. The summed E-state index contributed by atoms with van der Waals surface area (Å²) in [5.41, 5.74) is 2.06. The van der Waals surface area contributed by atoms with Gasteiger partial charge in [0, 0.05) is 17.4 Å². The van der Waals surface area contributed by atoms with Gasteiger partial charge in [-0.05, 0) is 18.2 Å². The second-order valence-corrected chi connectivity index (χ2v) is 4.68. The quantitative estimate of drug-likeness (QED) is 0.686. The van der Waals surface area contributed by atoms with Gasteiger partial charge in [0.05, 0.1) is 5.69 Å². The van der Waals surface area contributed by atoms with Crippen LogP contribution in [-0.2, 0) is 0 Å². The number of aromatic nitrogens is 2. The van der Waals surface area contributed by atoms with Gasteiger partial charge in [-0.1, -0.05) is 48.5 Å². The molecule has 22 heavy (non-hydrogen) atoms. The smallest absolute Gasteiger partial charge is 0.264 e. The zero-order valence-corrected chi connectivity index (χ0v) is 11.8. The van der Waals surface area contributed by atoms with E-state index in [1.54, 1.807) is 30.3 Å². The van der Waals surface area contributed by atoms with E-state index in [1.165, 1.54) is 6.20 Å². The fourth-order valence-corrected chi connectivity index (χ4v) is 2.16. The van der Waals surface area contributed by atoms with Gasteiger partial charge in [-0.15, -0.1) is 0 Å². The van der Waals surface area contributed by atoms with Crippen LogP contribution in [0.25, 0.3) is 11.3 Å². The number of halogens is 1. The van der Waals surface area contributed by atoms with Crippen molar-refractivity contribution in [2.75, 3.05) is 11.7 Å². The molecule has 0 aliphatic heterocycles. The molecule has 2 aromatic carbocycles. The van der Waals surface area contributed by atoms with E-state index in [9.17, 15) is 9.18 Å². The Kier molecular flexibility index (Phi) is 3.96. The molecule has 0 N–H and O–H groups in total. The van der Waals surface area contributed by atoms with Gasteiger partial charge in [-0.25, -0.2) is 9.18 Å². The van der Waals surface area contributed by atoms with E-state index in [-0.39, 0.29) is 0 Å². The monoisotopic (exact) mass is 295 g/mol. The minimum absolute atomic E-state index is 0.492. The Balaban J connectivity index is 1.88. The molecule has 0 aliphatic rings. The average Bonchev–Trinajstić information content (AvgIpc) is 3.07. The molecule has 1 heterocycles. The lowest BCUT2D eigenvalue weighted by Gasteiger charge is -2.18. The number of amides is 1. The number of anilines is 1. The highest BCUT2D eigenvalue weighted by Gasteiger charge is 2.18. The number of nitrogens with zero attached hydrogens (tertiary/aromatic N) is 3. The normalized spacial score (nSPS) is 10.4. The zero-order chi connectivity index (χ0) is 15.4. The summed E-state index contributed by atoms with van der Waals surface area (Å²) >= 11 is 0. The minimum atomic E-state index is -0.913. The number of carbonyl (C=O) groups excluding carboxylic acids is 1. The van der Waals surface area contributed by atoms with Crippen molar-refractivity contribution in [3.8, 4) is 11.3 Å². The van der Waals surface area contributed by atoms with Gasteiger partial charge in [0.25, 0.3) is 0 Å². The first-order valence-electron chi connectivity index (χ1n) is 6.83. The fourth-order valence-electron chi connectivity index (χ4n) is 2.16. The third kappa shape index (κ3) is 2.74. The summed E-state index contributed by atoms with van der Waals surface area (Å²) < 4.78 is 14.4. The minimum Gasteiger partial charge on any atom is -0.264 e. The summed E-state index contributed by atoms with van der Waals surface area (Å²) in [5, 5.41) is 4.23. The molecule has 0 aliphatic carbocycles.